The minimum atomic E-state index is -1.14. The van der Waals surface area contributed by atoms with Gasteiger partial charge in [-0.05, 0) is 26.8 Å². The number of likely N-dealkylation sites (N-methyl/N-ethyl adjacent to an activating group) is 1. The number of anilines is 1. The molecule has 0 atom stereocenters. The maximum Gasteiger partial charge on any atom is 0.329 e. The van der Waals surface area contributed by atoms with Crippen molar-refractivity contribution in [3.8, 4) is 6.07 Å². The molecule has 0 aromatic carbocycles. The van der Waals surface area contributed by atoms with Crippen molar-refractivity contribution < 1.29 is 9.90 Å². The molecule has 0 saturated carbocycles. The molecule has 0 saturated heterocycles. The highest BCUT2D eigenvalue weighted by molar-refractivity contribution is 5.82. The first kappa shape index (κ1) is 12.9. The number of carboxylic acids is 1. The Kier molecular flexibility index (Phi) is 3.63. The molecule has 1 aromatic rings. The molecule has 0 radical (unpaired) electrons. The summed E-state index contributed by atoms with van der Waals surface area (Å²) in [6.07, 6.45) is 1.41. The molecule has 0 aliphatic heterocycles. The lowest BCUT2D eigenvalue weighted by atomic mass is 10.0. The van der Waals surface area contributed by atoms with Crippen LogP contribution in [0.25, 0.3) is 0 Å². The fourth-order valence-electron chi connectivity index (χ4n) is 1.54. The Morgan fingerprint density at radius 2 is 2.29 bits per heavy atom. The third kappa shape index (κ3) is 2.33. The number of aliphatic carboxylic acids is 1. The Morgan fingerprint density at radius 1 is 1.65 bits per heavy atom. The molecular formula is C11H14N4O2. The summed E-state index contributed by atoms with van der Waals surface area (Å²) in [6, 6.07) is 3.50. The van der Waals surface area contributed by atoms with Crippen molar-refractivity contribution in [2.45, 2.75) is 26.3 Å². The first-order chi connectivity index (χ1) is 7.95. The van der Waals surface area contributed by atoms with Crippen LogP contribution in [-0.4, -0.2) is 33.4 Å². The van der Waals surface area contributed by atoms with Gasteiger partial charge in [0.15, 0.2) is 5.82 Å². The molecule has 0 spiro atoms. The lowest BCUT2D eigenvalue weighted by Crippen LogP contribution is -2.51. The predicted molar refractivity (Wildman–Crippen MR) is 61.5 cm³/mol. The minimum Gasteiger partial charge on any atom is -0.480 e. The third-order valence-corrected chi connectivity index (χ3v) is 2.59. The van der Waals surface area contributed by atoms with Crippen LogP contribution in [-0.2, 0) is 4.79 Å². The molecule has 6 nitrogen and oxygen atoms in total. The van der Waals surface area contributed by atoms with Crippen molar-refractivity contribution in [1.29, 1.82) is 5.26 Å². The van der Waals surface area contributed by atoms with Gasteiger partial charge < -0.3 is 10.0 Å². The first-order valence-corrected chi connectivity index (χ1v) is 5.18. The Balaban J connectivity index is 3.29. The van der Waals surface area contributed by atoms with Gasteiger partial charge in [0.25, 0.3) is 0 Å². The maximum absolute atomic E-state index is 11.2. The second kappa shape index (κ2) is 4.78. The highest BCUT2D eigenvalue weighted by Gasteiger charge is 2.35. The first-order valence-electron chi connectivity index (χ1n) is 5.18. The maximum atomic E-state index is 11.2. The van der Waals surface area contributed by atoms with E-state index < -0.39 is 11.5 Å². The second-order valence-electron chi connectivity index (χ2n) is 3.99. The molecule has 0 fully saturated rings. The molecule has 1 heterocycles. The van der Waals surface area contributed by atoms with Gasteiger partial charge in [-0.25, -0.2) is 4.79 Å². The highest BCUT2D eigenvalue weighted by atomic mass is 16.4. The summed E-state index contributed by atoms with van der Waals surface area (Å²) >= 11 is 0. The molecule has 0 aliphatic rings. The van der Waals surface area contributed by atoms with Crippen LogP contribution >= 0.6 is 0 Å². The fourth-order valence-corrected chi connectivity index (χ4v) is 1.54. The van der Waals surface area contributed by atoms with Crippen molar-refractivity contribution in [2.75, 3.05) is 11.4 Å². The average Bonchev–Trinajstić information content (AvgIpc) is 2.30. The van der Waals surface area contributed by atoms with E-state index in [-0.39, 0.29) is 0 Å². The van der Waals surface area contributed by atoms with Gasteiger partial charge in [0.05, 0.1) is 11.8 Å². The van der Waals surface area contributed by atoms with Gasteiger partial charge in [0.2, 0.25) is 0 Å². The SMILES string of the molecule is CCN(c1nnccc1C#N)C(C)(C)C(=O)O. The molecule has 0 amide bonds. The Labute approximate surface area is 99.5 Å². The van der Waals surface area contributed by atoms with Gasteiger partial charge in [-0.2, -0.15) is 10.4 Å². The van der Waals surface area contributed by atoms with E-state index >= 15 is 0 Å². The molecule has 17 heavy (non-hydrogen) atoms. The number of rotatable bonds is 4. The Morgan fingerprint density at radius 3 is 2.76 bits per heavy atom. The van der Waals surface area contributed by atoms with Crippen molar-refractivity contribution in [3.05, 3.63) is 17.8 Å². The van der Waals surface area contributed by atoms with Gasteiger partial charge in [-0.15, -0.1) is 5.10 Å². The number of carboxylic acid groups (broad SMARTS) is 1. The van der Waals surface area contributed by atoms with E-state index in [1.807, 2.05) is 6.07 Å². The molecule has 1 rings (SSSR count). The molecule has 6 heteroatoms. The summed E-state index contributed by atoms with van der Waals surface area (Å²) in [5.74, 6) is -0.682. The van der Waals surface area contributed by atoms with Crippen LogP contribution < -0.4 is 4.90 Å². The van der Waals surface area contributed by atoms with Gasteiger partial charge >= 0.3 is 5.97 Å². The smallest absolute Gasteiger partial charge is 0.329 e. The van der Waals surface area contributed by atoms with Crippen LogP contribution in [0, 0.1) is 11.3 Å². The summed E-state index contributed by atoms with van der Waals surface area (Å²) < 4.78 is 0. The Hall–Kier alpha value is -2.16. The van der Waals surface area contributed by atoms with E-state index in [1.165, 1.54) is 12.3 Å². The van der Waals surface area contributed by atoms with Crippen molar-refractivity contribution >= 4 is 11.8 Å². The zero-order valence-electron chi connectivity index (χ0n) is 10.0. The number of hydrogen-bond acceptors (Lipinski definition) is 5. The standard InChI is InChI=1S/C11H14N4O2/c1-4-15(11(2,3)10(16)17)9-8(7-12)5-6-13-14-9/h5-6H,4H2,1-3H3,(H,16,17). The zero-order valence-corrected chi connectivity index (χ0v) is 10.0. The van der Waals surface area contributed by atoms with Gasteiger partial charge in [-0.1, -0.05) is 0 Å². The van der Waals surface area contributed by atoms with Crippen LogP contribution in [0.15, 0.2) is 12.3 Å². The normalized spacial score (nSPS) is 10.7. The summed E-state index contributed by atoms with van der Waals surface area (Å²) in [5.41, 5.74) is -0.827. The van der Waals surface area contributed by atoms with Crippen LogP contribution in [0.2, 0.25) is 0 Å². The number of nitrogens with zero attached hydrogens (tertiary/aromatic N) is 4. The molecule has 1 N–H and O–H groups in total. The number of aromatic nitrogens is 2. The second-order valence-corrected chi connectivity index (χ2v) is 3.99. The molecule has 0 bridgehead atoms. The lowest BCUT2D eigenvalue weighted by Gasteiger charge is -2.35. The topological polar surface area (TPSA) is 90.1 Å². The van der Waals surface area contributed by atoms with Crippen LogP contribution in [0.3, 0.4) is 0 Å². The summed E-state index contributed by atoms with van der Waals surface area (Å²) in [5, 5.41) is 25.7. The monoisotopic (exact) mass is 234 g/mol. The average molecular weight is 234 g/mol. The van der Waals surface area contributed by atoms with E-state index in [1.54, 1.807) is 25.7 Å². The van der Waals surface area contributed by atoms with Crippen molar-refractivity contribution in [1.82, 2.24) is 10.2 Å². The number of hydrogen-bond donors (Lipinski definition) is 1. The van der Waals surface area contributed by atoms with E-state index in [9.17, 15) is 9.90 Å². The van der Waals surface area contributed by atoms with E-state index in [0.29, 0.717) is 17.9 Å². The van der Waals surface area contributed by atoms with Gasteiger partial charge in [-0.3, -0.25) is 0 Å². The number of nitriles is 1. The Bertz CT molecular complexity index is 465. The van der Waals surface area contributed by atoms with Crippen LogP contribution in [0.1, 0.15) is 26.3 Å². The number of carbonyl (C=O) groups is 1. The predicted octanol–water partition coefficient (Wildman–Crippen LogP) is 1.04. The van der Waals surface area contributed by atoms with Gasteiger partial charge in [0.1, 0.15) is 11.6 Å². The highest BCUT2D eigenvalue weighted by Crippen LogP contribution is 2.24. The quantitative estimate of drug-likeness (QED) is 0.837. The van der Waals surface area contributed by atoms with E-state index in [4.69, 9.17) is 5.26 Å². The molecule has 0 aliphatic carbocycles. The lowest BCUT2D eigenvalue weighted by molar-refractivity contribution is -0.142. The zero-order chi connectivity index (χ0) is 13.1. The van der Waals surface area contributed by atoms with E-state index in [2.05, 4.69) is 10.2 Å². The summed E-state index contributed by atoms with van der Waals surface area (Å²) in [6.45, 7) is 5.36. The van der Waals surface area contributed by atoms with Gasteiger partial charge in [0, 0.05) is 6.54 Å². The molecule has 0 unspecified atom stereocenters. The summed E-state index contributed by atoms with van der Waals surface area (Å²) in [4.78, 5) is 12.8. The molecule has 1 aromatic heterocycles. The van der Waals surface area contributed by atoms with Crippen LogP contribution in [0.4, 0.5) is 5.82 Å². The third-order valence-electron chi connectivity index (χ3n) is 2.59. The largest absolute Gasteiger partial charge is 0.480 e. The van der Waals surface area contributed by atoms with E-state index in [0.717, 1.165) is 0 Å². The summed E-state index contributed by atoms with van der Waals surface area (Å²) in [7, 11) is 0. The van der Waals surface area contributed by atoms with Crippen molar-refractivity contribution in [2.24, 2.45) is 0 Å². The molecular weight excluding hydrogens is 220 g/mol. The van der Waals surface area contributed by atoms with Crippen LogP contribution in [0.5, 0.6) is 0 Å². The molecule has 90 valence electrons. The van der Waals surface area contributed by atoms with Crippen molar-refractivity contribution in [3.63, 3.8) is 0 Å². The fraction of sp³-hybridized carbons (Fsp3) is 0.455. The minimum absolute atomic E-state index is 0.296.